The summed E-state index contributed by atoms with van der Waals surface area (Å²) >= 11 is 4.36. The highest BCUT2D eigenvalue weighted by Gasteiger charge is 2.24. The second kappa shape index (κ2) is 5.96. The summed E-state index contributed by atoms with van der Waals surface area (Å²) in [7, 11) is 0. The predicted molar refractivity (Wildman–Crippen MR) is 83.3 cm³/mol. The second-order valence-electron chi connectivity index (χ2n) is 5.14. The molecule has 112 valence electrons. The van der Waals surface area contributed by atoms with E-state index in [0.29, 0.717) is 15.1 Å². The third kappa shape index (κ3) is 2.94. The van der Waals surface area contributed by atoms with Crippen LogP contribution in [0.1, 0.15) is 31.7 Å². The van der Waals surface area contributed by atoms with Crippen molar-refractivity contribution in [3.8, 4) is 0 Å². The van der Waals surface area contributed by atoms with Crippen LogP contribution < -0.4 is 0 Å². The van der Waals surface area contributed by atoms with E-state index >= 15 is 0 Å². The number of halogens is 2. The summed E-state index contributed by atoms with van der Waals surface area (Å²) in [5.74, 6) is -1.24. The van der Waals surface area contributed by atoms with Crippen LogP contribution in [0.2, 0.25) is 0 Å². The van der Waals surface area contributed by atoms with Gasteiger partial charge in [0.2, 0.25) is 0 Å². The number of hydrogen-bond acceptors (Lipinski definition) is 3. The van der Waals surface area contributed by atoms with Gasteiger partial charge < -0.3 is 9.67 Å². The molecule has 0 unspecified atom stereocenters. The number of carboxylic acids is 1. The lowest BCUT2D eigenvalue weighted by Crippen LogP contribution is -2.08. The highest BCUT2D eigenvalue weighted by atomic mass is 79.9. The zero-order chi connectivity index (χ0) is 15.0. The summed E-state index contributed by atoms with van der Waals surface area (Å²) in [6, 6.07) is 3.42. The summed E-state index contributed by atoms with van der Waals surface area (Å²) in [5.41, 5.74) is 1.44. The minimum absolute atomic E-state index is 0.0420. The molecule has 0 bridgehead atoms. The lowest BCUT2D eigenvalue weighted by molar-refractivity contribution is -0.133. The number of carbonyl (C=O) groups is 1. The molecule has 1 aliphatic carbocycles. The van der Waals surface area contributed by atoms with Gasteiger partial charge in [0.15, 0.2) is 5.16 Å². The molecule has 1 aromatic carbocycles. The van der Waals surface area contributed by atoms with Crippen molar-refractivity contribution in [2.24, 2.45) is 0 Å². The Hall–Kier alpha value is -1.08. The van der Waals surface area contributed by atoms with Crippen LogP contribution in [0.5, 0.6) is 0 Å². The SMILES string of the molecule is O=C(O)CSc1nc2cc(Br)c(F)cc2n1C1CCCC1. The lowest BCUT2D eigenvalue weighted by Gasteiger charge is -2.15. The maximum Gasteiger partial charge on any atom is 0.313 e. The number of hydrogen-bond donors (Lipinski definition) is 1. The molecular weight excluding hydrogens is 359 g/mol. The van der Waals surface area contributed by atoms with Crippen LogP contribution in [-0.4, -0.2) is 26.4 Å². The van der Waals surface area contributed by atoms with Gasteiger partial charge in [0.25, 0.3) is 0 Å². The van der Waals surface area contributed by atoms with E-state index in [0.717, 1.165) is 31.2 Å². The molecule has 7 heteroatoms. The summed E-state index contributed by atoms with van der Waals surface area (Å²) < 4.78 is 16.2. The predicted octanol–water partition coefficient (Wildman–Crippen LogP) is 4.23. The number of nitrogens with zero attached hydrogens (tertiary/aromatic N) is 2. The molecule has 0 radical (unpaired) electrons. The molecule has 1 aliphatic rings. The molecule has 1 fully saturated rings. The first-order valence-corrected chi connectivity index (χ1v) is 8.55. The number of aromatic nitrogens is 2. The van der Waals surface area contributed by atoms with Crippen molar-refractivity contribution in [2.45, 2.75) is 36.9 Å². The summed E-state index contributed by atoms with van der Waals surface area (Å²) in [5, 5.41) is 9.53. The monoisotopic (exact) mass is 372 g/mol. The average molecular weight is 373 g/mol. The standard InChI is InChI=1S/C14H14BrFN2O2S/c15-9-5-11-12(6-10(9)16)18(8-3-1-2-4-8)14(17-11)21-7-13(19)20/h5-6,8H,1-4,7H2,(H,19,20). The van der Waals surface area contributed by atoms with Crippen molar-refractivity contribution in [3.63, 3.8) is 0 Å². The van der Waals surface area contributed by atoms with Crippen molar-refractivity contribution in [3.05, 3.63) is 22.4 Å². The molecular formula is C14H14BrFN2O2S. The zero-order valence-corrected chi connectivity index (χ0v) is 13.6. The molecule has 1 heterocycles. The number of fused-ring (bicyclic) bond motifs is 1. The number of rotatable bonds is 4. The van der Waals surface area contributed by atoms with E-state index in [1.165, 1.54) is 17.8 Å². The first-order chi connectivity index (χ1) is 10.1. The Balaban J connectivity index is 2.10. The summed E-state index contributed by atoms with van der Waals surface area (Å²) in [4.78, 5) is 15.3. The minimum Gasteiger partial charge on any atom is -0.481 e. The van der Waals surface area contributed by atoms with E-state index < -0.39 is 5.97 Å². The van der Waals surface area contributed by atoms with Crippen LogP contribution in [0, 0.1) is 5.82 Å². The van der Waals surface area contributed by atoms with Gasteiger partial charge in [-0.1, -0.05) is 24.6 Å². The van der Waals surface area contributed by atoms with Crippen LogP contribution in [0.25, 0.3) is 11.0 Å². The molecule has 0 aliphatic heterocycles. The van der Waals surface area contributed by atoms with Crippen molar-refractivity contribution in [1.82, 2.24) is 9.55 Å². The molecule has 0 spiro atoms. The van der Waals surface area contributed by atoms with Crippen LogP contribution in [0.15, 0.2) is 21.8 Å². The van der Waals surface area contributed by atoms with E-state index in [-0.39, 0.29) is 17.6 Å². The molecule has 4 nitrogen and oxygen atoms in total. The van der Waals surface area contributed by atoms with Crippen LogP contribution >= 0.6 is 27.7 Å². The Morgan fingerprint density at radius 2 is 2.19 bits per heavy atom. The van der Waals surface area contributed by atoms with E-state index in [1.807, 2.05) is 4.57 Å². The molecule has 3 rings (SSSR count). The Kier molecular flexibility index (Phi) is 4.21. The molecule has 21 heavy (non-hydrogen) atoms. The Morgan fingerprint density at radius 1 is 1.48 bits per heavy atom. The minimum atomic E-state index is -0.877. The third-order valence-electron chi connectivity index (χ3n) is 3.71. The average Bonchev–Trinajstić information content (AvgIpc) is 3.04. The third-order valence-corrected chi connectivity index (χ3v) is 5.26. The first kappa shape index (κ1) is 14.8. The molecule has 1 aromatic heterocycles. The van der Waals surface area contributed by atoms with Gasteiger partial charge in [-0.25, -0.2) is 9.37 Å². The van der Waals surface area contributed by atoms with Gasteiger partial charge >= 0.3 is 5.97 Å². The van der Waals surface area contributed by atoms with Crippen molar-refractivity contribution >= 4 is 44.7 Å². The van der Waals surface area contributed by atoms with Crippen molar-refractivity contribution < 1.29 is 14.3 Å². The fraction of sp³-hybridized carbons (Fsp3) is 0.429. The first-order valence-electron chi connectivity index (χ1n) is 6.78. The normalized spacial score (nSPS) is 15.9. The Morgan fingerprint density at radius 3 is 2.86 bits per heavy atom. The van der Waals surface area contributed by atoms with Gasteiger partial charge in [-0.05, 0) is 34.8 Å². The van der Waals surface area contributed by atoms with Crippen LogP contribution in [-0.2, 0) is 4.79 Å². The van der Waals surface area contributed by atoms with Gasteiger partial charge in [-0.3, -0.25) is 4.79 Å². The highest BCUT2D eigenvalue weighted by Crippen LogP contribution is 2.37. The second-order valence-corrected chi connectivity index (χ2v) is 6.94. The lowest BCUT2D eigenvalue weighted by atomic mass is 10.2. The van der Waals surface area contributed by atoms with Crippen molar-refractivity contribution in [1.29, 1.82) is 0 Å². The topological polar surface area (TPSA) is 55.1 Å². The van der Waals surface area contributed by atoms with Gasteiger partial charge in [-0.15, -0.1) is 0 Å². The van der Waals surface area contributed by atoms with Crippen LogP contribution in [0.4, 0.5) is 4.39 Å². The smallest absolute Gasteiger partial charge is 0.313 e. The van der Waals surface area contributed by atoms with Crippen molar-refractivity contribution in [2.75, 3.05) is 5.75 Å². The zero-order valence-electron chi connectivity index (χ0n) is 11.2. The number of benzene rings is 1. The fourth-order valence-corrected chi connectivity index (χ4v) is 3.95. The molecule has 0 saturated heterocycles. The van der Waals surface area contributed by atoms with Gasteiger partial charge in [0.05, 0.1) is 21.3 Å². The molecule has 1 saturated carbocycles. The van der Waals surface area contributed by atoms with Gasteiger partial charge in [-0.2, -0.15) is 0 Å². The van der Waals surface area contributed by atoms with E-state index in [1.54, 1.807) is 6.07 Å². The molecule has 0 amide bonds. The largest absolute Gasteiger partial charge is 0.481 e. The Bertz CT molecular complexity index is 698. The number of aliphatic carboxylic acids is 1. The van der Waals surface area contributed by atoms with E-state index in [9.17, 15) is 9.18 Å². The number of imidazole rings is 1. The van der Waals surface area contributed by atoms with E-state index in [2.05, 4.69) is 20.9 Å². The van der Waals surface area contributed by atoms with Gasteiger partial charge in [0.1, 0.15) is 5.82 Å². The van der Waals surface area contributed by atoms with Gasteiger partial charge in [0, 0.05) is 12.1 Å². The molecule has 0 atom stereocenters. The fourth-order valence-electron chi connectivity index (χ4n) is 2.81. The quantitative estimate of drug-likeness (QED) is 0.815. The highest BCUT2D eigenvalue weighted by molar-refractivity contribution is 9.10. The van der Waals surface area contributed by atoms with Crippen LogP contribution in [0.3, 0.4) is 0 Å². The number of carboxylic acid groups (broad SMARTS) is 1. The Labute approximate surface area is 133 Å². The number of thioether (sulfide) groups is 1. The summed E-state index contributed by atoms with van der Waals surface area (Å²) in [6.07, 6.45) is 4.35. The maximum absolute atomic E-state index is 13.9. The summed E-state index contributed by atoms with van der Waals surface area (Å²) in [6.45, 7) is 0. The van der Waals surface area contributed by atoms with E-state index in [4.69, 9.17) is 5.11 Å². The molecule has 2 aromatic rings. The maximum atomic E-state index is 13.9. The molecule has 1 N–H and O–H groups in total.